The summed E-state index contributed by atoms with van der Waals surface area (Å²) in [5.41, 5.74) is 0. The fourth-order valence-corrected chi connectivity index (χ4v) is 2.66. The first-order valence-corrected chi connectivity index (χ1v) is 6.77. The maximum absolute atomic E-state index is 12.0. The van der Waals surface area contributed by atoms with Crippen molar-refractivity contribution in [3.63, 3.8) is 0 Å². The number of carboxylic acid groups (broad SMARTS) is 1. The number of aliphatic carboxylic acids is 1. The number of carbonyl (C=O) groups is 3. The fraction of sp³-hybridized carbons (Fsp3) is 0.769. The standard InChI is InChI=1S/C13H20N2O4/c1-7-4-9(10(5-7)13(18)19)12(17)14-6-11(16)15-8-2-3-8/h7-10H,2-6H2,1H3,(H,14,17)(H,15,16)(H,18,19). The summed E-state index contributed by atoms with van der Waals surface area (Å²) in [6.45, 7) is 1.88. The average molecular weight is 268 g/mol. The van der Waals surface area contributed by atoms with Gasteiger partial charge in [-0.3, -0.25) is 14.4 Å². The predicted molar refractivity (Wildman–Crippen MR) is 67.2 cm³/mol. The van der Waals surface area contributed by atoms with Gasteiger partial charge in [0.1, 0.15) is 0 Å². The largest absolute Gasteiger partial charge is 0.481 e. The minimum Gasteiger partial charge on any atom is -0.481 e. The molecule has 0 heterocycles. The van der Waals surface area contributed by atoms with Gasteiger partial charge < -0.3 is 15.7 Å². The van der Waals surface area contributed by atoms with Gasteiger partial charge >= 0.3 is 5.97 Å². The Morgan fingerprint density at radius 1 is 1.16 bits per heavy atom. The van der Waals surface area contributed by atoms with E-state index in [0.717, 1.165) is 12.8 Å². The quantitative estimate of drug-likeness (QED) is 0.660. The molecule has 2 aliphatic carbocycles. The average Bonchev–Trinajstić information content (AvgIpc) is 3.05. The molecule has 0 aromatic carbocycles. The molecule has 0 saturated heterocycles. The molecule has 0 spiro atoms. The monoisotopic (exact) mass is 268 g/mol. The summed E-state index contributed by atoms with van der Waals surface area (Å²) in [6.07, 6.45) is 3.11. The maximum Gasteiger partial charge on any atom is 0.307 e. The maximum atomic E-state index is 12.0. The molecule has 2 fully saturated rings. The van der Waals surface area contributed by atoms with Gasteiger partial charge in [-0.1, -0.05) is 6.92 Å². The smallest absolute Gasteiger partial charge is 0.307 e. The minimum atomic E-state index is -0.924. The number of carbonyl (C=O) groups excluding carboxylic acids is 2. The summed E-state index contributed by atoms with van der Waals surface area (Å²) in [4.78, 5) is 34.5. The molecule has 19 heavy (non-hydrogen) atoms. The number of hydrogen-bond acceptors (Lipinski definition) is 3. The van der Waals surface area contributed by atoms with Gasteiger partial charge in [0, 0.05) is 6.04 Å². The number of nitrogens with one attached hydrogen (secondary N) is 2. The van der Waals surface area contributed by atoms with Crippen molar-refractivity contribution in [2.45, 2.75) is 38.6 Å². The molecule has 2 amide bonds. The third kappa shape index (κ3) is 3.68. The van der Waals surface area contributed by atoms with Crippen molar-refractivity contribution < 1.29 is 19.5 Å². The highest BCUT2D eigenvalue weighted by molar-refractivity contribution is 5.89. The number of hydrogen-bond donors (Lipinski definition) is 3. The molecule has 6 nitrogen and oxygen atoms in total. The summed E-state index contributed by atoms with van der Waals surface area (Å²) >= 11 is 0. The van der Waals surface area contributed by atoms with Crippen molar-refractivity contribution in [2.75, 3.05) is 6.54 Å². The molecule has 0 aromatic heterocycles. The van der Waals surface area contributed by atoms with E-state index in [-0.39, 0.29) is 30.3 Å². The Hall–Kier alpha value is -1.59. The molecule has 106 valence electrons. The first-order chi connectivity index (χ1) is 8.97. The van der Waals surface area contributed by atoms with Crippen LogP contribution >= 0.6 is 0 Å². The van der Waals surface area contributed by atoms with Crippen LogP contribution in [-0.2, 0) is 14.4 Å². The SMILES string of the molecule is CC1CC(C(=O)O)C(C(=O)NCC(=O)NC2CC2)C1. The van der Waals surface area contributed by atoms with Crippen LogP contribution in [0.5, 0.6) is 0 Å². The molecule has 3 atom stereocenters. The molecule has 2 aliphatic rings. The Morgan fingerprint density at radius 3 is 2.37 bits per heavy atom. The van der Waals surface area contributed by atoms with Crippen molar-refractivity contribution in [1.29, 1.82) is 0 Å². The fourth-order valence-electron chi connectivity index (χ4n) is 2.66. The van der Waals surface area contributed by atoms with E-state index in [4.69, 9.17) is 5.11 Å². The molecular weight excluding hydrogens is 248 g/mol. The third-order valence-corrected chi connectivity index (χ3v) is 3.82. The first-order valence-electron chi connectivity index (χ1n) is 6.77. The van der Waals surface area contributed by atoms with Crippen LogP contribution in [0.2, 0.25) is 0 Å². The molecule has 3 N–H and O–H groups in total. The van der Waals surface area contributed by atoms with Crippen LogP contribution in [0.3, 0.4) is 0 Å². The summed E-state index contributed by atoms with van der Waals surface area (Å²) in [6, 6.07) is 0.266. The van der Waals surface area contributed by atoms with E-state index in [1.807, 2.05) is 6.92 Å². The Bertz CT molecular complexity index is 392. The summed E-state index contributed by atoms with van der Waals surface area (Å²) in [5.74, 6) is -2.34. The number of rotatable bonds is 5. The van der Waals surface area contributed by atoms with Crippen LogP contribution in [0, 0.1) is 17.8 Å². The molecule has 2 rings (SSSR count). The highest BCUT2D eigenvalue weighted by atomic mass is 16.4. The van der Waals surface area contributed by atoms with E-state index < -0.39 is 17.8 Å². The second-order valence-electron chi connectivity index (χ2n) is 5.69. The van der Waals surface area contributed by atoms with Gasteiger partial charge in [0.2, 0.25) is 11.8 Å². The van der Waals surface area contributed by atoms with Crippen molar-refractivity contribution in [3.05, 3.63) is 0 Å². The van der Waals surface area contributed by atoms with E-state index in [9.17, 15) is 14.4 Å². The summed E-state index contributed by atoms with van der Waals surface area (Å²) < 4.78 is 0. The van der Waals surface area contributed by atoms with Crippen LogP contribution in [0.1, 0.15) is 32.6 Å². The zero-order valence-electron chi connectivity index (χ0n) is 11.0. The normalized spacial score (nSPS) is 29.8. The first kappa shape index (κ1) is 13.8. The second kappa shape index (κ2) is 5.59. The van der Waals surface area contributed by atoms with Crippen LogP contribution in [0.15, 0.2) is 0 Å². The summed E-state index contributed by atoms with van der Waals surface area (Å²) in [5, 5.41) is 14.4. The van der Waals surface area contributed by atoms with E-state index >= 15 is 0 Å². The van der Waals surface area contributed by atoms with E-state index in [1.165, 1.54) is 0 Å². The number of carboxylic acids is 1. The van der Waals surface area contributed by atoms with Gasteiger partial charge in [-0.05, 0) is 31.6 Å². The third-order valence-electron chi connectivity index (χ3n) is 3.82. The Labute approximate surface area is 111 Å². The molecule has 2 saturated carbocycles. The number of amides is 2. The van der Waals surface area contributed by atoms with Gasteiger partial charge in [0.15, 0.2) is 0 Å². The highest BCUT2D eigenvalue weighted by Crippen LogP contribution is 2.36. The zero-order chi connectivity index (χ0) is 14.0. The van der Waals surface area contributed by atoms with Crippen molar-refractivity contribution in [1.82, 2.24) is 10.6 Å². The van der Waals surface area contributed by atoms with Gasteiger partial charge in [-0.2, -0.15) is 0 Å². The van der Waals surface area contributed by atoms with Crippen molar-refractivity contribution >= 4 is 17.8 Å². The van der Waals surface area contributed by atoms with Crippen LogP contribution in [-0.4, -0.2) is 35.5 Å². The molecule has 0 radical (unpaired) electrons. The Morgan fingerprint density at radius 2 is 1.79 bits per heavy atom. The molecule has 0 aliphatic heterocycles. The lowest BCUT2D eigenvalue weighted by molar-refractivity contribution is -0.146. The molecule has 0 bridgehead atoms. The minimum absolute atomic E-state index is 0.0629. The van der Waals surface area contributed by atoms with Gasteiger partial charge in [0.05, 0.1) is 18.4 Å². The second-order valence-corrected chi connectivity index (χ2v) is 5.69. The zero-order valence-corrected chi connectivity index (χ0v) is 11.0. The van der Waals surface area contributed by atoms with Crippen molar-refractivity contribution in [3.8, 4) is 0 Å². The van der Waals surface area contributed by atoms with Crippen LogP contribution in [0.4, 0.5) is 0 Å². The van der Waals surface area contributed by atoms with E-state index in [2.05, 4.69) is 10.6 Å². The highest BCUT2D eigenvalue weighted by Gasteiger charge is 2.41. The topological polar surface area (TPSA) is 95.5 Å². The lowest BCUT2D eigenvalue weighted by Crippen LogP contribution is -2.41. The lowest BCUT2D eigenvalue weighted by atomic mass is 9.95. The molecule has 6 heteroatoms. The van der Waals surface area contributed by atoms with E-state index in [1.54, 1.807) is 0 Å². The van der Waals surface area contributed by atoms with Crippen LogP contribution < -0.4 is 10.6 Å². The van der Waals surface area contributed by atoms with E-state index in [0.29, 0.717) is 12.8 Å². The molecular formula is C13H20N2O4. The molecule has 0 aromatic rings. The summed E-state index contributed by atoms with van der Waals surface area (Å²) in [7, 11) is 0. The lowest BCUT2D eigenvalue weighted by Gasteiger charge is -2.15. The van der Waals surface area contributed by atoms with Crippen molar-refractivity contribution in [2.24, 2.45) is 17.8 Å². The van der Waals surface area contributed by atoms with Gasteiger partial charge in [0.25, 0.3) is 0 Å². The molecule has 3 unspecified atom stereocenters. The predicted octanol–water partition coefficient (Wildman–Crippen LogP) is 0.128. The van der Waals surface area contributed by atoms with Gasteiger partial charge in [-0.25, -0.2) is 0 Å². The Kier molecular flexibility index (Phi) is 4.07. The van der Waals surface area contributed by atoms with Crippen LogP contribution in [0.25, 0.3) is 0 Å². The Balaban J connectivity index is 1.80. The van der Waals surface area contributed by atoms with Gasteiger partial charge in [-0.15, -0.1) is 0 Å².